The molecule has 3 aromatic rings. The third kappa shape index (κ3) is 5.38. The van der Waals surface area contributed by atoms with Crippen molar-refractivity contribution in [3.8, 4) is 23.3 Å². The van der Waals surface area contributed by atoms with Crippen molar-refractivity contribution < 1.29 is 17.9 Å². The van der Waals surface area contributed by atoms with Crippen LogP contribution in [0.2, 0.25) is 0 Å². The number of hydrogen-bond acceptors (Lipinski definition) is 5. The number of sulfonamides is 1. The Bertz CT molecular complexity index is 1120. The van der Waals surface area contributed by atoms with Gasteiger partial charge in [0, 0.05) is 6.04 Å². The molecule has 0 aliphatic carbocycles. The van der Waals surface area contributed by atoms with Crippen molar-refractivity contribution in [1.82, 2.24) is 4.72 Å². The van der Waals surface area contributed by atoms with Crippen molar-refractivity contribution in [2.45, 2.75) is 24.8 Å². The Labute approximate surface area is 176 Å². The van der Waals surface area contributed by atoms with Crippen molar-refractivity contribution in [2.75, 3.05) is 6.61 Å². The van der Waals surface area contributed by atoms with Crippen LogP contribution >= 0.6 is 0 Å². The van der Waals surface area contributed by atoms with Gasteiger partial charge in [-0.3, -0.25) is 0 Å². The summed E-state index contributed by atoms with van der Waals surface area (Å²) < 4.78 is 39.2. The van der Waals surface area contributed by atoms with E-state index in [0.717, 1.165) is 11.3 Å². The zero-order valence-corrected chi connectivity index (χ0v) is 17.5. The summed E-state index contributed by atoms with van der Waals surface area (Å²) in [5.74, 6) is 1.91. The van der Waals surface area contributed by atoms with Crippen molar-refractivity contribution >= 4 is 10.0 Å². The van der Waals surface area contributed by atoms with Crippen LogP contribution < -0.4 is 14.2 Å². The zero-order valence-electron chi connectivity index (χ0n) is 16.7. The van der Waals surface area contributed by atoms with Gasteiger partial charge in [0.15, 0.2) is 0 Å². The first-order chi connectivity index (χ1) is 14.4. The van der Waals surface area contributed by atoms with Crippen molar-refractivity contribution in [3.05, 3.63) is 83.9 Å². The summed E-state index contributed by atoms with van der Waals surface area (Å²) >= 11 is 0. The minimum atomic E-state index is -3.71. The maximum atomic E-state index is 12.7. The van der Waals surface area contributed by atoms with Gasteiger partial charge >= 0.3 is 0 Å². The molecule has 0 aliphatic heterocycles. The van der Waals surface area contributed by atoms with E-state index >= 15 is 0 Å². The molecule has 0 aliphatic rings. The van der Waals surface area contributed by atoms with Gasteiger partial charge in [-0.15, -0.1) is 0 Å². The normalized spacial score (nSPS) is 12.0. The van der Waals surface area contributed by atoms with E-state index in [9.17, 15) is 8.42 Å². The highest BCUT2D eigenvalue weighted by molar-refractivity contribution is 7.89. The molecule has 3 rings (SSSR count). The fourth-order valence-corrected chi connectivity index (χ4v) is 4.04. The first kappa shape index (κ1) is 21.4. The Kier molecular flexibility index (Phi) is 6.72. The van der Waals surface area contributed by atoms with Crippen molar-refractivity contribution in [2.24, 2.45) is 0 Å². The molecule has 0 amide bonds. The average molecular weight is 423 g/mol. The molecule has 30 heavy (non-hydrogen) atoms. The maximum absolute atomic E-state index is 12.7. The van der Waals surface area contributed by atoms with E-state index < -0.39 is 16.1 Å². The second kappa shape index (κ2) is 9.44. The Morgan fingerprint density at radius 3 is 1.97 bits per heavy atom. The predicted molar refractivity (Wildman–Crippen MR) is 114 cm³/mol. The van der Waals surface area contributed by atoms with Gasteiger partial charge in [-0.25, -0.2) is 13.1 Å². The third-order valence-corrected chi connectivity index (χ3v) is 5.93. The highest BCUT2D eigenvalue weighted by Crippen LogP contribution is 2.25. The topological polar surface area (TPSA) is 88.4 Å². The van der Waals surface area contributed by atoms with Gasteiger partial charge in [0.1, 0.15) is 17.2 Å². The summed E-state index contributed by atoms with van der Waals surface area (Å²) in [4.78, 5) is 0.141. The lowest BCUT2D eigenvalue weighted by Gasteiger charge is -2.15. The summed E-state index contributed by atoms with van der Waals surface area (Å²) in [6, 6.07) is 21.8. The Hall–Kier alpha value is -3.34. The van der Waals surface area contributed by atoms with Crippen LogP contribution in [0.1, 0.15) is 31.0 Å². The number of rotatable bonds is 8. The second-order valence-electron chi connectivity index (χ2n) is 6.55. The van der Waals surface area contributed by atoms with Crippen LogP contribution in [0.15, 0.2) is 77.7 Å². The largest absolute Gasteiger partial charge is 0.494 e. The molecule has 1 atom stereocenters. The van der Waals surface area contributed by atoms with Gasteiger partial charge in [-0.1, -0.05) is 12.1 Å². The summed E-state index contributed by atoms with van der Waals surface area (Å²) in [5, 5.41) is 8.87. The van der Waals surface area contributed by atoms with E-state index in [1.807, 2.05) is 25.1 Å². The highest BCUT2D eigenvalue weighted by Gasteiger charge is 2.18. The average Bonchev–Trinajstić information content (AvgIpc) is 2.75. The smallest absolute Gasteiger partial charge is 0.241 e. The van der Waals surface area contributed by atoms with E-state index in [0.29, 0.717) is 23.7 Å². The summed E-state index contributed by atoms with van der Waals surface area (Å²) in [6.45, 7) is 4.26. The Balaban J connectivity index is 1.67. The molecule has 0 bridgehead atoms. The first-order valence-corrected chi connectivity index (χ1v) is 10.9. The second-order valence-corrected chi connectivity index (χ2v) is 8.27. The summed E-state index contributed by atoms with van der Waals surface area (Å²) in [7, 11) is -3.71. The molecule has 0 radical (unpaired) electrons. The van der Waals surface area contributed by atoms with Crippen LogP contribution in [-0.2, 0) is 10.0 Å². The van der Waals surface area contributed by atoms with Gasteiger partial charge in [0.25, 0.3) is 0 Å². The quantitative estimate of drug-likeness (QED) is 0.564. The predicted octanol–water partition coefficient (Wildman–Crippen LogP) is 4.79. The van der Waals surface area contributed by atoms with E-state index in [1.165, 1.54) is 12.1 Å². The molecule has 0 fully saturated rings. The van der Waals surface area contributed by atoms with E-state index in [1.54, 1.807) is 55.5 Å². The standard InChI is InChI=1S/C23H22N2O4S/c1-3-28-20-8-10-21(11-9-20)29-22-12-14-23(15-13-22)30(26,27)25-17(2)19-6-4-18(16-24)5-7-19/h4-15,17,25H,3H2,1-2H3. The minimum absolute atomic E-state index is 0.141. The molecule has 0 aromatic heterocycles. The molecule has 1 N–H and O–H groups in total. The van der Waals surface area contributed by atoms with Crippen LogP contribution in [0.5, 0.6) is 17.2 Å². The zero-order chi connectivity index (χ0) is 21.6. The lowest BCUT2D eigenvalue weighted by Crippen LogP contribution is -2.26. The number of benzene rings is 3. The molecule has 0 saturated carbocycles. The van der Waals surface area contributed by atoms with Gasteiger partial charge in [0.2, 0.25) is 10.0 Å². The monoisotopic (exact) mass is 422 g/mol. The van der Waals surface area contributed by atoms with Gasteiger partial charge < -0.3 is 9.47 Å². The molecule has 154 valence electrons. The number of hydrogen-bond donors (Lipinski definition) is 1. The van der Waals surface area contributed by atoms with Gasteiger partial charge in [-0.2, -0.15) is 5.26 Å². The van der Waals surface area contributed by atoms with Crippen LogP contribution in [0.3, 0.4) is 0 Å². The van der Waals surface area contributed by atoms with E-state index in [-0.39, 0.29) is 4.90 Å². The van der Waals surface area contributed by atoms with E-state index in [4.69, 9.17) is 14.7 Å². The first-order valence-electron chi connectivity index (χ1n) is 9.44. The Morgan fingerprint density at radius 1 is 0.900 bits per heavy atom. The fraction of sp³-hybridized carbons (Fsp3) is 0.174. The molecule has 0 spiro atoms. The van der Waals surface area contributed by atoms with Crippen LogP contribution in [0.4, 0.5) is 0 Å². The maximum Gasteiger partial charge on any atom is 0.241 e. The fourth-order valence-electron chi connectivity index (χ4n) is 2.81. The summed E-state index contributed by atoms with van der Waals surface area (Å²) in [5.41, 5.74) is 1.30. The van der Waals surface area contributed by atoms with Crippen molar-refractivity contribution in [1.29, 1.82) is 5.26 Å². The molecule has 7 heteroatoms. The third-order valence-electron chi connectivity index (χ3n) is 4.38. The molecule has 1 unspecified atom stereocenters. The van der Waals surface area contributed by atoms with Crippen molar-refractivity contribution in [3.63, 3.8) is 0 Å². The molecular weight excluding hydrogens is 400 g/mol. The SMILES string of the molecule is CCOc1ccc(Oc2ccc(S(=O)(=O)NC(C)c3ccc(C#N)cc3)cc2)cc1. The number of ether oxygens (including phenoxy) is 2. The molecule has 0 saturated heterocycles. The number of nitrogens with one attached hydrogen (secondary N) is 1. The van der Waals surface area contributed by atoms with Crippen LogP contribution in [-0.4, -0.2) is 15.0 Å². The summed E-state index contributed by atoms with van der Waals surface area (Å²) in [6.07, 6.45) is 0. The van der Waals surface area contributed by atoms with Crippen LogP contribution in [0, 0.1) is 11.3 Å². The number of nitriles is 1. The molecule has 0 heterocycles. The highest BCUT2D eigenvalue weighted by atomic mass is 32.2. The minimum Gasteiger partial charge on any atom is -0.494 e. The van der Waals surface area contributed by atoms with Gasteiger partial charge in [-0.05, 0) is 80.1 Å². The van der Waals surface area contributed by atoms with Gasteiger partial charge in [0.05, 0.1) is 23.1 Å². The molecular formula is C23H22N2O4S. The van der Waals surface area contributed by atoms with Crippen LogP contribution in [0.25, 0.3) is 0 Å². The van der Waals surface area contributed by atoms with E-state index in [2.05, 4.69) is 4.72 Å². The molecule has 6 nitrogen and oxygen atoms in total. The Morgan fingerprint density at radius 2 is 1.43 bits per heavy atom. The number of nitrogens with zero attached hydrogens (tertiary/aromatic N) is 1. The molecule has 3 aromatic carbocycles. The lowest BCUT2D eigenvalue weighted by atomic mass is 10.1. The lowest BCUT2D eigenvalue weighted by molar-refractivity contribution is 0.339.